The van der Waals surface area contributed by atoms with Crippen LogP contribution in [0.1, 0.15) is 30.0 Å². The molecule has 0 aromatic heterocycles. The predicted octanol–water partition coefficient (Wildman–Crippen LogP) is 2.64. The lowest BCUT2D eigenvalue weighted by molar-refractivity contribution is 0.286. The van der Waals surface area contributed by atoms with Crippen LogP contribution in [0.2, 0.25) is 0 Å². The summed E-state index contributed by atoms with van der Waals surface area (Å²) < 4.78 is 24.2. The molecule has 31 heavy (non-hydrogen) atoms. The number of anilines is 1. The van der Waals surface area contributed by atoms with Gasteiger partial charge in [0.2, 0.25) is 0 Å². The molecular weight excluding hydrogens is 397 g/mol. The Kier molecular flexibility index (Phi) is 8.51. The maximum absolute atomic E-state index is 13.3. The Morgan fingerprint density at radius 1 is 1.26 bits per heavy atom. The van der Waals surface area contributed by atoms with Gasteiger partial charge in [-0.3, -0.25) is 0 Å². The van der Waals surface area contributed by atoms with Crippen LogP contribution in [-0.2, 0) is 19.4 Å². The fraction of sp³-hybridized carbons (Fsp3) is 0.500. The molecule has 1 unspecified atom stereocenters. The van der Waals surface area contributed by atoms with Crippen molar-refractivity contribution in [2.45, 2.75) is 38.8 Å². The highest BCUT2D eigenvalue weighted by Gasteiger charge is 2.22. The molecule has 1 atom stereocenters. The van der Waals surface area contributed by atoms with Crippen molar-refractivity contribution in [1.82, 2.24) is 5.32 Å². The third-order valence-corrected chi connectivity index (χ3v) is 5.62. The van der Waals surface area contributed by atoms with Crippen molar-refractivity contribution in [2.75, 3.05) is 44.9 Å². The van der Waals surface area contributed by atoms with E-state index in [2.05, 4.69) is 29.3 Å². The van der Waals surface area contributed by atoms with Crippen LogP contribution in [0, 0.1) is 5.82 Å². The summed E-state index contributed by atoms with van der Waals surface area (Å²) >= 11 is 0. The molecule has 170 valence electrons. The average molecular weight is 432 g/mol. The third-order valence-electron chi connectivity index (χ3n) is 5.62. The first-order valence-corrected chi connectivity index (χ1v) is 11.0. The van der Waals surface area contributed by atoms with Gasteiger partial charge in [0.25, 0.3) is 0 Å². The maximum Gasteiger partial charge on any atom is 0.163 e. The van der Waals surface area contributed by atoms with Crippen molar-refractivity contribution in [3.05, 3.63) is 52.8 Å². The molecule has 0 spiro atoms. The van der Waals surface area contributed by atoms with Crippen LogP contribution in [0.5, 0.6) is 11.5 Å². The Labute approximate surface area is 184 Å². The van der Waals surface area contributed by atoms with Gasteiger partial charge < -0.3 is 30.5 Å². The molecule has 4 N–H and O–H groups in total. The number of nitrogens with one attached hydrogen (secondary N) is 1. The van der Waals surface area contributed by atoms with E-state index >= 15 is 0 Å². The van der Waals surface area contributed by atoms with Crippen molar-refractivity contribution in [2.24, 2.45) is 5.73 Å². The van der Waals surface area contributed by atoms with E-state index in [1.165, 1.54) is 41.6 Å². The summed E-state index contributed by atoms with van der Waals surface area (Å²) in [5.74, 6) is 0.586. The molecule has 2 aromatic carbocycles. The van der Waals surface area contributed by atoms with Gasteiger partial charge in [-0.2, -0.15) is 0 Å². The van der Waals surface area contributed by atoms with Gasteiger partial charge in [-0.1, -0.05) is 12.1 Å². The molecule has 0 aliphatic carbocycles. The fourth-order valence-electron chi connectivity index (χ4n) is 4.21. The van der Waals surface area contributed by atoms with E-state index in [9.17, 15) is 4.39 Å². The number of ether oxygens (including phenoxy) is 2. The molecule has 3 rings (SSSR count). The summed E-state index contributed by atoms with van der Waals surface area (Å²) in [5.41, 5.74) is 11.1. The van der Waals surface area contributed by atoms with E-state index < -0.39 is 0 Å². The Balaban J connectivity index is 1.52. The van der Waals surface area contributed by atoms with Crippen LogP contribution in [0.4, 0.5) is 10.1 Å². The zero-order valence-electron chi connectivity index (χ0n) is 18.5. The van der Waals surface area contributed by atoms with Crippen molar-refractivity contribution < 1.29 is 19.0 Å². The normalized spacial score (nSPS) is 13.9. The molecule has 0 fully saturated rings. The Bertz CT molecular complexity index is 862. The van der Waals surface area contributed by atoms with E-state index in [1.807, 2.05) is 0 Å². The summed E-state index contributed by atoms with van der Waals surface area (Å²) in [4.78, 5) is 2.35. The standard InChI is InChI=1S/C24H34FN3O3/c1-17(27-7-11-31-22-5-4-21(25)15-23(22)30-2)12-18-13-19-6-9-28(8-3-10-29)24(19)20(14-18)16-26/h4-5,13-15,17,27,29H,3,6-12,16,26H2,1-2H3. The first kappa shape index (κ1) is 23.3. The van der Waals surface area contributed by atoms with Gasteiger partial charge in [0.1, 0.15) is 12.4 Å². The van der Waals surface area contributed by atoms with Gasteiger partial charge in [0, 0.05) is 50.6 Å². The molecule has 0 bridgehead atoms. The minimum atomic E-state index is -0.348. The molecule has 7 heteroatoms. The molecule has 0 radical (unpaired) electrons. The second kappa shape index (κ2) is 11.3. The van der Waals surface area contributed by atoms with E-state index in [0.717, 1.165) is 32.4 Å². The number of hydrogen-bond acceptors (Lipinski definition) is 6. The first-order valence-electron chi connectivity index (χ1n) is 11.0. The number of fused-ring (bicyclic) bond motifs is 1. The predicted molar refractivity (Wildman–Crippen MR) is 122 cm³/mol. The Morgan fingerprint density at radius 3 is 2.84 bits per heavy atom. The number of methoxy groups -OCH3 is 1. The fourth-order valence-corrected chi connectivity index (χ4v) is 4.21. The molecule has 1 heterocycles. The number of nitrogens with two attached hydrogens (primary N) is 1. The van der Waals surface area contributed by atoms with E-state index in [-0.39, 0.29) is 18.5 Å². The van der Waals surface area contributed by atoms with Crippen LogP contribution in [-0.4, -0.2) is 51.1 Å². The van der Waals surface area contributed by atoms with Gasteiger partial charge in [0.05, 0.1) is 7.11 Å². The number of benzene rings is 2. The molecule has 2 aromatic rings. The summed E-state index contributed by atoms with van der Waals surface area (Å²) in [6, 6.07) is 9.05. The minimum absolute atomic E-state index is 0.211. The number of aliphatic hydroxyl groups excluding tert-OH is 1. The first-order chi connectivity index (χ1) is 15.0. The smallest absolute Gasteiger partial charge is 0.163 e. The quantitative estimate of drug-likeness (QED) is 0.449. The number of halogens is 1. The lowest BCUT2D eigenvalue weighted by Crippen LogP contribution is -2.32. The van der Waals surface area contributed by atoms with Crippen LogP contribution < -0.4 is 25.4 Å². The topological polar surface area (TPSA) is 80.0 Å². The highest BCUT2D eigenvalue weighted by atomic mass is 19.1. The van der Waals surface area contributed by atoms with Crippen molar-refractivity contribution >= 4 is 5.69 Å². The third kappa shape index (κ3) is 6.09. The van der Waals surface area contributed by atoms with Crippen LogP contribution in [0.3, 0.4) is 0 Å². The van der Waals surface area contributed by atoms with E-state index in [1.54, 1.807) is 6.07 Å². The second-order valence-corrected chi connectivity index (χ2v) is 7.98. The van der Waals surface area contributed by atoms with Crippen LogP contribution >= 0.6 is 0 Å². The Hall–Kier alpha value is -2.35. The lowest BCUT2D eigenvalue weighted by atomic mass is 9.98. The van der Waals surface area contributed by atoms with Crippen LogP contribution in [0.25, 0.3) is 0 Å². The van der Waals surface area contributed by atoms with Crippen molar-refractivity contribution in [1.29, 1.82) is 0 Å². The summed E-state index contributed by atoms with van der Waals surface area (Å²) in [7, 11) is 1.50. The highest BCUT2D eigenvalue weighted by Crippen LogP contribution is 2.33. The van der Waals surface area contributed by atoms with Gasteiger partial charge in [-0.05, 0) is 55.0 Å². The number of hydrogen-bond donors (Lipinski definition) is 3. The van der Waals surface area contributed by atoms with Crippen molar-refractivity contribution in [3.8, 4) is 11.5 Å². The summed E-state index contributed by atoms with van der Waals surface area (Å²) in [5, 5.41) is 12.6. The summed E-state index contributed by atoms with van der Waals surface area (Å²) in [6.07, 6.45) is 2.70. The highest BCUT2D eigenvalue weighted by molar-refractivity contribution is 5.64. The van der Waals surface area contributed by atoms with E-state index in [4.69, 9.17) is 20.3 Å². The average Bonchev–Trinajstić information content (AvgIpc) is 3.18. The molecule has 6 nitrogen and oxygen atoms in total. The molecule has 0 saturated carbocycles. The van der Waals surface area contributed by atoms with E-state index in [0.29, 0.717) is 31.2 Å². The van der Waals surface area contributed by atoms with Gasteiger partial charge in [-0.15, -0.1) is 0 Å². The largest absolute Gasteiger partial charge is 0.493 e. The SMILES string of the molecule is COc1cc(F)ccc1OCCNC(C)Cc1cc(CN)c2c(c1)CCN2CCCO. The number of nitrogens with zero attached hydrogens (tertiary/aromatic N) is 1. The molecule has 1 aliphatic rings. The monoisotopic (exact) mass is 431 g/mol. The minimum Gasteiger partial charge on any atom is -0.493 e. The zero-order valence-corrected chi connectivity index (χ0v) is 18.5. The van der Waals surface area contributed by atoms with Crippen molar-refractivity contribution in [3.63, 3.8) is 0 Å². The van der Waals surface area contributed by atoms with Gasteiger partial charge in [0.15, 0.2) is 11.5 Å². The molecule has 0 amide bonds. The zero-order chi connectivity index (χ0) is 22.2. The lowest BCUT2D eigenvalue weighted by Gasteiger charge is -2.23. The maximum atomic E-state index is 13.3. The second-order valence-electron chi connectivity index (χ2n) is 7.98. The number of rotatable bonds is 12. The number of aliphatic hydroxyl groups is 1. The molecule has 0 saturated heterocycles. The Morgan fingerprint density at radius 2 is 2.10 bits per heavy atom. The molecule has 1 aliphatic heterocycles. The molecular formula is C24H34FN3O3. The van der Waals surface area contributed by atoms with Gasteiger partial charge >= 0.3 is 0 Å². The summed E-state index contributed by atoms with van der Waals surface area (Å²) in [6.45, 7) is 5.87. The van der Waals surface area contributed by atoms with Crippen LogP contribution in [0.15, 0.2) is 30.3 Å². The van der Waals surface area contributed by atoms with Gasteiger partial charge in [-0.25, -0.2) is 4.39 Å².